The zero-order chi connectivity index (χ0) is 16.1. The van der Waals surface area contributed by atoms with Crippen molar-refractivity contribution in [3.8, 4) is 5.75 Å². The van der Waals surface area contributed by atoms with Crippen LogP contribution in [0.15, 0.2) is 46.9 Å². The summed E-state index contributed by atoms with van der Waals surface area (Å²) in [6.07, 6.45) is 4.68. The van der Waals surface area contributed by atoms with Crippen LogP contribution < -0.4 is 10.1 Å². The van der Waals surface area contributed by atoms with E-state index < -0.39 is 0 Å². The van der Waals surface area contributed by atoms with Crippen LogP contribution in [-0.4, -0.2) is 11.9 Å². The third-order valence-corrected chi connectivity index (χ3v) is 4.44. The minimum absolute atomic E-state index is 0.130. The molecule has 1 fully saturated rings. The fraction of sp³-hybridized carbons (Fsp3) is 0.421. The van der Waals surface area contributed by atoms with E-state index in [1.54, 1.807) is 12.1 Å². The lowest BCUT2D eigenvalue weighted by Gasteiger charge is -2.29. The number of para-hydroxylation sites is 1. The van der Waals surface area contributed by atoms with Gasteiger partial charge in [-0.05, 0) is 43.0 Å². The summed E-state index contributed by atoms with van der Waals surface area (Å²) in [6, 6.07) is 13.3. The number of hydrogen-bond donors (Lipinski definition) is 1. The van der Waals surface area contributed by atoms with Crippen molar-refractivity contribution < 1.29 is 13.9 Å². The van der Waals surface area contributed by atoms with Crippen molar-refractivity contribution in [3.63, 3.8) is 0 Å². The van der Waals surface area contributed by atoms with E-state index in [1.165, 1.54) is 19.3 Å². The summed E-state index contributed by atoms with van der Waals surface area (Å²) in [5.41, 5.74) is 0. The van der Waals surface area contributed by atoms with Crippen LogP contribution in [0.5, 0.6) is 5.75 Å². The topological polar surface area (TPSA) is 51.5 Å². The van der Waals surface area contributed by atoms with E-state index >= 15 is 0 Å². The van der Waals surface area contributed by atoms with Crippen molar-refractivity contribution in [1.29, 1.82) is 0 Å². The number of carbonyl (C=O) groups is 1. The molecule has 0 saturated heterocycles. The Kier molecular flexibility index (Phi) is 5.01. The summed E-state index contributed by atoms with van der Waals surface area (Å²) >= 11 is 0. The van der Waals surface area contributed by atoms with Crippen molar-refractivity contribution in [1.82, 2.24) is 5.32 Å². The van der Waals surface area contributed by atoms with E-state index in [0.717, 1.165) is 12.2 Å². The van der Waals surface area contributed by atoms with Crippen LogP contribution in [-0.2, 0) is 6.61 Å². The molecule has 0 spiro atoms. The molecule has 0 bridgehead atoms. The minimum atomic E-state index is -0.130. The maximum Gasteiger partial charge on any atom is 0.287 e. The highest BCUT2D eigenvalue weighted by atomic mass is 16.5. The summed E-state index contributed by atoms with van der Waals surface area (Å²) in [7, 11) is 0. The quantitative estimate of drug-likeness (QED) is 0.901. The molecule has 0 aliphatic heterocycles. The van der Waals surface area contributed by atoms with Crippen LogP contribution in [0.1, 0.15) is 48.9 Å². The van der Waals surface area contributed by atoms with Crippen molar-refractivity contribution in [2.24, 2.45) is 5.92 Å². The first-order chi connectivity index (χ1) is 11.2. The summed E-state index contributed by atoms with van der Waals surface area (Å²) in [6.45, 7) is 2.52. The number of ether oxygens (including phenoxy) is 1. The van der Waals surface area contributed by atoms with Crippen molar-refractivity contribution >= 4 is 5.91 Å². The molecule has 1 heterocycles. The number of nitrogens with one attached hydrogen (secondary N) is 1. The van der Waals surface area contributed by atoms with E-state index in [1.807, 2.05) is 30.3 Å². The van der Waals surface area contributed by atoms with Gasteiger partial charge in [0.1, 0.15) is 18.1 Å². The van der Waals surface area contributed by atoms with Crippen LogP contribution >= 0.6 is 0 Å². The molecule has 0 radical (unpaired) electrons. The van der Waals surface area contributed by atoms with Gasteiger partial charge in [0, 0.05) is 6.04 Å². The SMILES string of the molecule is C[C@@H]1CCCC[C@H]1NC(=O)c1ccc(COc2ccccc2)o1. The molecule has 2 atom stereocenters. The van der Waals surface area contributed by atoms with Crippen molar-refractivity contribution in [2.75, 3.05) is 0 Å². The molecule has 1 aromatic heterocycles. The monoisotopic (exact) mass is 313 g/mol. The first-order valence-electron chi connectivity index (χ1n) is 8.30. The molecule has 1 N–H and O–H groups in total. The van der Waals surface area contributed by atoms with E-state index in [0.29, 0.717) is 24.0 Å². The fourth-order valence-electron chi connectivity index (χ4n) is 3.02. The van der Waals surface area contributed by atoms with Gasteiger partial charge < -0.3 is 14.5 Å². The molecule has 2 aromatic rings. The van der Waals surface area contributed by atoms with Gasteiger partial charge in [-0.1, -0.05) is 38.0 Å². The second-order valence-electron chi connectivity index (χ2n) is 6.21. The average molecular weight is 313 g/mol. The van der Waals surface area contributed by atoms with E-state index in [4.69, 9.17) is 9.15 Å². The first kappa shape index (κ1) is 15.7. The molecular formula is C19H23NO3. The summed E-state index contributed by atoms with van der Waals surface area (Å²) in [5.74, 6) is 2.19. The fourth-order valence-corrected chi connectivity index (χ4v) is 3.02. The third-order valence-electron chi connectivity index (χ3n) is 4.44. The number of benzene rings is 1. The van der Waals surface area contributed by atoms with Crippen LogP contribution in [0, 0.1) is 5.92 Å². The van der Waals surface area contributed by atoms with E-state index in [-0.39, 0.29) is 11.9 Å². The van der Waals surface area contributed by atoms with Gasteiger partial charge in [-0.25, -0.2) is 0 Å². The summed E-state index contributed by atoms with van der Waals surface area (Å²) in [5, 5.41) is 3.10. The van der Waals surface area contributed by atoms with E-state index in [9.17, 15) is 4.79 Å². The van der Waals surface area contributed by atoms with E-state index in [2.05, 4.69) is 12.2 Å². The van der Waals surface area contributed by atoms with Gasteiger partial charge in [-0.15, -0.1) is 0 Å². The van der Waals surface area contributed by atoms with Crippen LogP contribution in [0.25, 0.3) is 0 Å². The molecule has 23 heavy (non-hydrogen) atoms. The number of hydrogen-bond acceptors (Lipinski definition) is 3. The molecule has 0 unspecified atom stereocenters. The lowest BCUT2D eigenvalue weighted by molar-refractivity contribution is 0.0878. The predicted octanol–water partition coefficient (Wildman–Crippen LogP) is 4.17. The smallest absolute Gasteiger partial charge is 0.287 e. The second kappa shape index (κ2) is 7.36. The minimum Gasteiger partial charge on any atom is -0.486 e. The second-order valence-corrected chi connectivity index (χ2v) is 6.21. The predicted molar refractivity (Wildman–Crippen MR) is 88.4 cm³/mol. The highest BCUT2D eigenvalue weighted by Crippen LogP contribution is 2.24. The Bertz CT molecular complexity index is 635. The van der Waals surface area contributed by atoms with Gasteiger partial charge in [-0.3, -0.25) is 4.79 Å². The first-order valence-corrected chi connectivity index (χ1v) is 8.30. The number of amides is 1. The zero-order valence-corrected chi connectivity index (χ0v) is 13.5. The zero-order valence-electron chi connectivity index (χ0n) is 13.5. The lowest BCUT2D eigenvalue weighted by Crippen LogP contribution is -2.40. The number of furan rings is 1. The Labute approximate surface area is 136 Å². The van der Waals surface area contributed by atoms with Crippen molar-refractivity contribution in [2.45, 2.75) is 45.3 Å². The maximum absolute atomic E-state index is 12.3. The largest absolute Gasteiger partial charge is 0.486 e. The molecule has 4 heteroatoms. The summed E-state index contributed by atoms with van der Waals surface area (Å²) < 4.78 is 11.2. The Morgan fingerprint density at radius 2 is 1.96 bits per heavy atom. The Morgan fingerprint density at radius 1 is 1.17 bits per heavy atom. The molecule has 1 aliphatic rings. The standard InChI is InChI=1S/C19H23NO3/c1-14-7-5-6-10-17(14)20-19(21)18-12-11-16(23-18)13-22-15-8-3-2-4-9-15/h2-4,8-9,11-12,14,17H,5-7,10,13H2,1H3,(H,20,21)/t14-,17-/m1/s1. The Balaban J connectivity index is 1.54. The van der Waals surface area contributed by atoms with Crippen LogP contribution in [0.3, 0.4) is 0 Å². The van der Waals surface area contributed by atoms with Crippen LogP contribution in [0.2, 0.25) is 0 Å². The highest BCUT2D eigenvalue weighted by Gasteiger charge is 2.24. The van der Waals surface area contributed by atoms with Gasteiger partial charge in [0.05, 0.1) is 0 Å². The van der Waals surface area contributed by atoms with Crippen molar-refractivity contribution in [3.05, 3.63) is 54.0 Å². The Hall–Kier alpha value is -2.23. The van der Waals surface area contributed by atoms with Gasteiger partial charge >= 0.3 is 0 Å². The average Bonchev–Trinajstić information content (AvgIpc) is 3.05. The molecule has 1 aliphatic carbocycles. The number of carbonyl (C=O) groups excluding carboxylic acids is 1. The molecule has 4 nitrogen and oxygen atoms in total. The Morgan fingerprint density at radius 3 is 2.74 bits per heavy atom. The van der Waals surface area contributed by atoms with Crippen LogP contribution in [0.4, 0.5) is 0 Å². The van der Waals surface area contributed by atoms with Gasteiger partial charge in [0.25, 0.3) is 5.91 Å². The number of rotatable bonds is 5. The highest BCUT2D eigenvalue weighted by molar-refractivity contribution is 5.91. The van der Waals surface area contributed by atoms with Gasteiger partial charge in [-0.2, -0.15) is 0 Å². The molecule has 1 aromatic carbocycles. The molecular weight excluding hydrogens is 290 g/mol. The molecule has 1 saturated carbocycles. The lowest BCUT2D eigenvalue weighted by atomic mass is 9.86. The maximum atomic E-state index is 12.3. The molecule has 1 amide bonds. The molecule has 122 valence electrons. The van der Waals surface area contributed by atoms with Gasteiger partial charge in [0.2, 0.25) is 0 Å². The third kappa shape index (κ3) is 4.15. The normalized spacial score (nSPS) is 20.9. The molecule has 3 rings (SSSR count). The van der Waals surface area contributed by atoms with Gasteiger partial charge in [0.15, 0.2) is 5.76 Å². The summed E-state index contributed by atoms with van der Waals surface area (Å²) in [4.78, 5) is 12.3.